The summed E-state index contributed by atoms with van der Waals surface area (Å²) in [7, 11) is 0. The Labute approximate surface area is 184 Å². The molecule has 0 aromatic heterocycles. The predicted octanol–water partition coefficient (Wildman–Crippen LogP) is 0.0620. The molecule has 0 radical (unpaired) electrons. The third kappa shape index (κ3) is 5.62. The van der Waals surface area contributed by atoms with Crippen molar-refractivity contribution in [2.24, 2.45) is 0 Å². The molecule has 8 nitrogen and oxygen atoms in total. The molecule has 0 spiro atoms. The van der Waals surface area contributed by atoms with Crippen molar-refractivity contribution in [1.29, 1.82) is 0 Å². The SMILES string of the molecule is Cc1ccc(CN2CCN(C(=O)CN3CCN(C(=O)C4CCC(=O)N4)CC3)CC2)cc1. The first-order chi connectivity index (χ1) is 15.0. The molecule has 168 valence electrons. The van der Waals surface area contributed by atoms with Crippen LogP contribution in [-0.4, -0.2) is 102 Å². The number of piperazine rings is 2. The van der Waals surface area contributed by atoms with Gasteiger partial charge in [0, 0.05) is 65.3 Å². The number of rotatable bonds is 5. The standard InChI is InChI=1S/C23H33N5O3/c1-18-2-4-19(5-3-18)16-25-8-12-27(13-9-25)22(30)17-26-10-14-28(15-11-26)23(31)20-6-7-21(29)24-20/h2-5,20H,6-17H2,1H3,(H,24,29). The maximum Gasteiger partial charge on any atom is 0.245 e. The Bertz CT molecular complexity index is 796. The molecule has 3 heterocycles. The highest BCUT2D eigenvalue weighted by Gasteiger charge is 2.33. The number of carbonyl (C=O) groups is 3. The molecule has 3 amide bonds. The molecule has 31 heavy (non-hydrogen) atoms. The molecule has 3 aliphatic rings. The van der Waals surface area contributed by atoms with Gasteiger partial charge in [-0.2, -0.15) is 0 Å². The van der Waals surface area contributed by atoms with Crippen LogP contribution in [0.2, 0.25) is 0 Å². The van der Waals surface area contributed by atoms with Gasteiger partial charge in [-0.25, -0.2) is 0 Å². The van der Waals surface area contributed by atoms with E-state index in [0.717, 1.165) is 32.7 Å². The second-order valence-corrected chi connectivity index (χ2v) is 8.90. The number of hydrogen-bond acceptors (Lipinski definition) is 5. The predicted molar refractivity (Wildman–Crippen MR) is 117 cm³/mol. The first-order valence-corrected chi connectivity index (χ1v) is 11.3. The second kappa shape index (κ2) is 9.78. The minimum Gasteiger partial charge on any atom is -0.344 e. The Kier molecular flexibility index (Phi) is 6.87. The molecule has 1 N–H and O–H groups in total. The first kappa shape index (κ1) is 21.8. The lowest BCUT2D eigenvalue weighted by Gasteiger charge is -2.38. The quantitative estimate of drug-likeness (QED) is 0.719. The zero-order chi connectivity index (χ0) is 21.8. The van der Waals surface area contributed by atoms with Crippen LogP contribution in [0.5, 0.6) is 0 Å². The van der Waals surface area contributed by atoms with Crippen LogP contribution in [0.4, 0.5) is 0 Å². The minimum absolute atomic E-state index is 0.0153. The highest BCUT2D eigenvalue weighted by atomic mass is 16.2. The largest absolute Gasteiger partial charge is 0.344 e. The van der Waals surface area contributed by atoms with Gasteiger partial charge in [0.1, 0.15) is 6.04 Å². The molecule has 0 aliphatic carbocycles. The summed E-state index contributed by atoms with van der Waals surface area (Å²) in [4.78, 5) is 45.0. The molecular formula is C23H33N5O3. The van der Waals surface area contributed by atoms with Crippen molar-refractivity contribution < 1.29 is 14.4 Å². The maximum absolute atomic E-state index is 12.8. The Balaban J connectivity index is 1.16. The summed E-state index contributed by atoms with van der Waals surface area (Å²) in [5.74, 6) is 0.154. The fourth-order valence-electron chi connectivity index (χ4n) is 4.54. The van der Waals surface area contributed by atoms with E-state index in [9.17, 15) is 14.4 Å². The Morgan fingerprint density at radius 2 is 1.52 bits per heavy atom. The Morgan fingerprint density at radius 3 is 2.13 bits per heavy atom. The summed E-state index contributed by atoms with van der Waals surface area (Å²) in [5.41, 5.74) is 2.59. The van der Waals surface area contributed by atoms with E-state index in [1.807, 2.05) is 9.80 Å². The molecule has 1 unspecified atom stereocenters. The minimum atomic E-state index is -0.364. The maximum atomic E-state index is 12.8. The molecule has 1 aromatic carbocycles. The van der Waals surface area contributed by atoms with Crippen molar-refractivity contribution in [3.63, 3.8) is 0 Å². The summed E-state index contributed by atoms with van der Waals surface area (Å²) in [5, 5.41) is 2.75. The number of aryl methyl sites for hydroxylation is 1. The van der Waals surface area contributed by atoms with Gasteiger partial charge in [-0.05, 0) is 18.9 Å². The van der Waals surface area contributed by atoms with Gasteiger partial charge in [0.15, 0.2) is 0 Å². The average Bonchev–Trinajstić information content (AvgIpc) is 3.22. The molecule has 3 saturated heterocycles. The molecule has 3 aliphatic heterocycles. The fourth-order valence-corrected chi connectivity index (χ4v) is 4.54. The molecule has 0 bridgehead atoms. The molecular weight excluding hydrogens is 394 g/mol. The van der Waals surface area contributed by atoms with Crippen LogP contribution in [0.3, 0.4) is 0 Å². The summed E-state index contributed by atoms with van der Waals surface area (Å²) in [6.45, 7) is 9.41. The Hall–Kier alpha value is -2.45. The second-order valence-electron chi connectivity index (χ2n) is 8.90. The molecule has 0 saturated carbocycles. The first-order valence-electron chi connectivity index (χ1n) is 11.3. The Morgan fingerprint density at radius 1 is 0.903 bits per heavy atom. The average molecular weight is 428 g/mol. The van der Waals surface area contributed by atoms with Gasteiger partial charge < -0.3 is 15.1 Å². The van der Waals surface area contributed by atoms with Crippen LogP contribution in [0.25, 0.3) is 0 Å². The number of hydrogen-bond donors (Lipinski definition) is 1. The van der Waals surface area contributed by atoms with Crippen molar-refractivity contribution in [1.82, 2.24) is 24.9 Å². The van der Waals surface area contributed by atoms with E-state index >= 15 is 0 Å². The van der Waals surface area contributed by atoms with Gasteiger partial charge in [0.2, 0.25) is 17.7 Å². The zero-order valence-corrected chi connectivity index (χ0v) is 18.4. The van der Waals surface area contributed by atoms with Gasteiger partial charge >= 0.3 is 0 Å². The van der Waals surface area contributed by atoms with E-state index in [-0.39, 0.29) is 23.8 Å². The van der Waals surface area contributed by atoms with Crippen molar-refractivity contribution in [2.75, 3.05) is 58.9 Å². The van der Waals surface area contributed by atoms with Gasteiger partial charge in [-0.3, -0.25) is 24.2 Å². The van der Waals surface area contributed by atoms with E-state index in [1.54, 1.807) is 0 Å². The number of nitrogens with one attached hydrogen (secondary N) is 1. The third-order valence-electron chi connectivity index (χ3n) is 6.59. The molecule has 8 heteroatoms. The molecule has 4 rings (SSSR count). The van der Waals surface area contributed by atoms with Crippen molar-refractivity contribution >= 4 is 17.7 Å². The lowest BCUT2D eigenvalue weighted by molar-refractivity contribution is -0.137. The summed E-state index contributed by atoms with van der Waals surface area (Å²) in [6, 6.07) is 8.28. The van der Waals surface area contributed by atoms with E-state index in [2.05, 4.69) is 46.3 Å². The zero-order valence-electron chi connectivity index (χ0n) is 18.4. The van der Waals surface area contributed by atoms with Crippen molar-refractivity contribution in [3.05, 3.63) is 35.4 Å². The topological polar surface area (TPSA) is 76.2 Å². The van der Waals surface area contributed by atoms with Crippen molar-refractivity contribution in [3.8, 4) is 0 Å². The van der Waals surface area contributed by atoms with Crippen LogP contribution in [0, 0.1) is 6.92 Å². The van der Waals surface area contributed by atoms with Crippen LogP contribution >= 0.6 is 0 Å². The lowest BCUT2D eigenvalue weighted by atomic mass is 10.1. The number of benzene rings is 1. The van der Waals surface area contributed by atoms with Gasteiger partial charge in [-0.15, -0.1) is 0 Å². The van der Waals surface area contributed by atoms with E-state index in [1.165, 1.54) is 11.1 Å². The normalized spacial score (nSPS) is 23.1. The molecule has 3 fully saturated rings. The highest BCUT2D eigenvalue weighted by Crippen LogP contribution is 2.13. The monoisotopic (exact) mass is 427 g/mol. The van der Waals surface area contributed by atoms with Gasteiger partial charge in [0.25, 0.3) is 0 Å². The van der Waals surface area contributed by atoms with E-state index in [0.29, 0.717) is 45.6 Å². The summed E-state index contributed by atoms with van der Waals surface area (Å²) < 4.78 is 0. The smallest absolute Gasteiger partial charge is 0.245 e. The van der Waals surface area contributed by atoms with Crippen LogP contribution in [0.15, 0.2) is 24.3 Å². The van der Waals surface area contributed by atoms with Crippen molar-refractivity contribution in [2.45, 2.75) is 32.4 Å². The summed E-state index contributed by atoms with van der Waals surface area (Å²) >= 11 is 0. The van der Waals surface area contributed by atoms with Crippen LogP contribution in [0.1, 0.15) is 24.0 Å². The van der Waals surface area contributed by atoms with E-state index in [4.69, 9.17) is 0 Å². The summed E-state index contributed by atoms with van der Waals surface area (Å²) in [6.07, 6.45) is 1.02. The third-order valence-corrected chi connectivity index (χ3v) is 6.59. The number of nitrogens with zero attached hydrogens (tertiary/aromatic N) is 4. The van der Waals surface area contributed by atoms with Gasteiger partial charge in [-0.1, -0.05) is 29.8 Å². The molecule has 1 atom stereocenters. The van der Waals surface area contributed by atoms with Crippen LogP contribution in [-0.2, 0) is 20.9 Å². The van der Waals surface area contributed by atoms with Crippen LogP contribution < -0.4 is 5.32 Å². The highest BCUT2D eigenvalue weighted by molar-refractivity contribution is 5.90. The fraction of sp³-hybridized carbons (Fsp3) is 0.609. The van der Waals surface area contributed by atoms with E-state index < -0.39 is 0 Å². The molecule has 1 aromatic rings. The number of amides is 3. The lowest BCUT2D eigenvalue weighted by Crippen LogP contribution is -2.56. The van der Waals surface area contributed by atoms with Gasteiger partial charge in [0.05, 0.1) is 6.54 Å². The number of carbonyl (C=O) groups excluding carboxylic acids is 3.